The molecule has 0 aromatic carbocycles. The van der Waals surface area contributed by atoms with Gasteiger partial charge in [-0.15, -0.1) is 0 Å². The maximum Gasteiger partial charge on any atom is 0.331 e. The molecule has 9 nitrogen and oxygen atoms in total. The molecule has 3 N–H and O–H groups in total. The normalized spacial score (nSPS) is 57.4. The zero-order chi connectivity index (χ0) is 26.7. The number of cyclic esters (lactones) is 1. The predicted molar refractivity (Wildman–Crippen MR) is 131 cm³/mol. The summed E-state index contributed by atoms with van der Waals surface area (Å²) in [5, 5.41) is 34.4. The summed E-state index contributed by atoms with van der Waals surface area (Å²) in [6.07, 6.45) is 5.34. The Labute approximate surface area is 222 Å². The molecule has 4 aliphatic carbocycles. The van der Waals surface area contributed by atoms with Gasteiger partial charge in [-0.05, 0) is 87.5 Å². The third-order valence-corrected chi connectivity index (χ3v) is 12.1. The highest BCUT2D eigenvalue weighted by atomic mass is 16.8. The van der Waals surface area contributed by atoms with Crippen LogP contribution in [0.25, 0.3) is 0 Å². The first-order valence-electron chi connectivity index (χ1n) is 14.5. The molecule has 38 heavy (non-hydrogen) atoms. The van der Waals surface area contributed by atoms with E-state index in [2.05, 4.69) is 6.92 Å². The third-order valence-electron chi connectivity index (χ3n) is 12.1. The number of ether oxygens (including phenoxy) is 4. The van der Waals surface area contributed by atoms with Crippen molar-refractivity contribution in [3.63, 3.8) is 0 Å². The van der Waals surface area contributed by atoms with E-state index in [0.29, 0.717) is 25.9 Å². The average molecular weight is 533 g/mol. The van der Waals surface area contributed by atoms with Gasteiger partial charge >= 0.3 is 5.97 Å². The van der Waals surface area contributed by atoms with Crippen molar-refractivity contribution in [2.24, 2.45) is 34.5 Å². The van der Waals surface area contributed by atoms with Gasteiger partial charge < -0.3 is 39.1 Å². The number of carbonyl (C=O) groups is 2. The zero-order valence-electron chi connectivity index (χ0n) is 22.2. The van der Waals surface area contributed by atoms with Crippen LogP contribution < -0.4 is 0 Å². The zero-order valence-corrected chi connectivity index (χ0v) is 22.2. The molecular weight excluding hydrogens is 492 g/mol. The molecule has 2 unspecified atom stereocenters. The monoisotopic (exact) mass is 532 g/mol. The van der Waals surface area contributed by atoms with Crippen LogP contribution in [0.4, 0.5) is 0 Å². The third kappa shape index (κ3) is 3.20. The van der Waals surface area contributed by atoms with Gasteiger partial charge in [0.2, 0.25) is 12.1 Å². The molecule has 7 aliphatic rings. The predicted octanol–water partition coefficient (Wildman–Crippen LogP) is 2.00. The van der Waals surface area contributed by atoms with E-state index >= 15 is 0 Å². The largest absolute Gasteiger partial charge is 0.458 e. The topological polar surface area (TPSA) is 132 Å². The molecule has 13 atom stereocenters. The van der Waals surface area contributed by atoms with Crippen molar-refractivity contribution in [1.29, 1.82) is 0 Å². The molecule has 3 heterocycles. The lowest BCUT2D eigenvalue weighted by Crippen LogP contribution is -2.71. The molecule has 210 valence electrons. The highest BCUT2D eigenvalue weighted by molar-refractivity contribution is 5.85. The van der Waals surface area contributed by atoms with Gasteiger partial charge in [0.25, 0.3) is 0 Å². The van der Waals surface area contributed by atoms with Crippen LogP contribution >= 0.6 is 0 Å². The van der Waals surface area contributed by atoms with Gasteiger partial charge in [0.05, 0.1) is 23.9 Å². The van der Waals surface area contributed by atoms with Crippen LogP contribution in [0.15, 0.2) is 11.6 Å². The van der Waals surface area contributed by atoms with Crippen LogP contribution in [-0.4, -0.2) is 76.3 Å². The molecule has 0 spiro atoms. The fourth-order valence-electron chi connectivity index (χ4n) is 10.2. The minimum atomic E-state index is -1.96. The first-order valence-corrected chi connectivity index (χ1v) is 14.5. The standard InChI is InChI=1S/C29H40O9/c1-15-9-23(31)29(34)25(36-15)37-21-11-17-3-4-20-19(27(17,14-30)12-22(21)38-29)5-7-26(2)18(6-8-28(20,26)33)16-10-24(32)35-13-16/h10,14-15,17-23,25,31,33-34H,3-9,11-13H2,1-2H3/t15-,17?,18-,19?,20-,21-,22-,23-,25+,26-,27-,28+,29+/m1/s1. The highest BCUT2D eigenvalue weighted by Crippen LogP contribution is 2.70. The van der Waals surface area contributed by atoms with Crippen molar-refractivity contribution in [2.45, 2.75) is 114 Å². The van der Waals surface area contributed by atoms with Gasteiger partial charge in [-0.1, -0.05) is 6.92 Å². The Morgan fingerprint density at radius 3 is 2.58 bits per heavy atom. The van der Waals surface area contributed by atoms with Crippen LogP contribution in [0.5, 0.6) is 0 Å². The smallest absolute Gasteiger partial charge is 0.331 e. The average Bonchev–Trinajstić information content (AvgIpc) is 3.42. The number of hydrogen-bond acceptors (Lipinski definition) is 9. The maximum absolute atomic E-state index is 13.1. The summed E-state index contributed by atoms with van der Waals surface area (Å²) in [7, 11) is 0. The molecule has 6 fully saturated rings. The van der Waals surface area contributed by atoms with Gasteiger partial charge in [-0.25, -0.2) is 4.79 Å². The summed E-state index contributed by atoms with van der Waals surface area (Å²) in [6, 6.07) is 0. The number of aliphatic hydroxyl groups excluding tert-OH is 1. The number of esters is 1. The Bertz CT molecular complexity index is 1060. The van der Waals surface area contributed by atoms with Gasteiger partial charge in [0.15, 0.2) is 0 Å². The molecule has 9 heteroatoms. The number of hydrogen-bond donors (Lipinski definition) is 3. The molecule has 0 amide bonds. The fourth-order valence-corrected chi connectivity index (χ4v) is 10.2. The molecule has 0 radical (unpaired) electrons. The Balaban J connectivity index is 1.18. The van der Waals surface area contributed by atoms with Crippen molar-refractivity contribution in [3.05, 3.63) is 11.6 Å². The quantitative estimate of drug-likeness (QED) is 0.278. The first-order chi connectivity index (χ1) is 18.0. The molecule has 3 aliphatic heterocycles. The Kier molecular flexibility index (Phi) is 5.61. The van der Waals surface area contributed by atoms with E-state index in [1.807, 2.05) is 6.92 Å². The Morgan fingerprint density at radius 2 is 1.84 bits per heavy atom. The van der Waals surface area contributed by atoms with Crippen molar-refractivity contribution in [1.82, 2.24) is 0 Å². The van der Waals surface area contributed by atoms with Gasteiger partial charge in [-0.2, -0.15) is 0 Å². The van der Waals surface area contributed by atoms with Crippen molar-refractivity contribution in [3.8, 4) is 0 Å². The van der Waals surface area contributed by atoms with Gasteiger partial charge in [0.1, 0.15) is 19.0 Å². The van der Waals surface area contributed by atoms with Crippen LogP contribution in [0, 0.1) is 34.5 Å². The second kappa shape index (κ2) is 8.33. The van der Waals surface area contributed by atoms with E-state index in [1.54, 1.807) is 6.08 Å². The van der Waals surface area contributed by atoms with Crippen molar-refractivity contribution >= 4 is 12.3 Å². The van der Waals surface area contributed by atoms with E-state index in [0.717, 1.165) is 44.0 Å². The second-order valence-electron chi connectivity index (χ2n) is 13.6. The summed E-state index contributed by atoms with van der Waals surface area (Å²) in [5.41, 5.74) is -1.01. The van der Waals surface area contributed by atoms with E-state index < -0.39 is 35.3 Å². The SMILES string of the molecule is C[C@@H]1C[C@@H](O)[C@]2(O)O[C@@H]3C[C@@]4(C=O)C(CC[C@@H]5C4CC[C@]4(C)[C@@H](C6=CC(=O)OC6)CC[C@]54O)C[C@H]3O[C@@H]2O1. The van der Waals surface area contributed by atoms with E-state index in [1.165, 1.54) is 0 Å². The minimum absolute atomic E-state index is 0.00418. The van der Waals surface area contributed by atoms with Crippen LogP contribution in [-0.2, 0) is 28.5 Å². The van der Waals surface area contributed by atoms with Crippen molar-refractivity contribution < 1.29 is 43.9 Å². The lowest BCUT2D eigenvalue weighted by molar-refractivity contribution is -0.457. The summed E-state index contributed by atoms with van der Waals surface area (Å²) in [6.45, 7) is 4.31. The Hall–Kier alpha value is -1.36. The molecule has 0 bridgehead atoms. The Morgan fingerprint density at radius 1 is 1.03 bits per heavy atom. The molecule has 0 aromatic rings. The lowest BCUT2D eigenvalue weighted by Gasteiger charge is -2.64. The second-order valence-corrected chi connectivity index (χ2v) is 13.6. The molecular formula is C29H40O9. The summed E-state index contributed by atoms with van der Waals surface area (Å²) in [4.78, 5) is 24.9. The summed E-state index contributed by atoms with van der Waals surface area (Å²) < 4.78 is 23.5. The molecule has 2 saturated heterocycles. The number of aliphatic hydroxyl groups is 3. The van der Waals surface area contributed by atoms with Crippen LogP contribution in [0.1, 0.15) is 71.6 Å². The van der Waals surface area contributed by atoms with Gasteiger partial charge in [0, 0.05) is 23.3 Å². The number of rotatable bonds is 2. The van der Waals surface area contributed by atoms with Crippen LogP contribution in [0.2, 0.25) is 0 Å². The highest BCUT2D eigenvalue weighted by Gasteiger charge is 2.70. The summed E-state index contributed by atoms with van der Waals surface area (Å²) >= 11 is 0. The van der Waals surface area contributed by atoms with Gasteiger partial charge in [-0.3, -0.25) is 0 Å². The van der Waals surface area contributed by atoms with E-state index in [-0.39, 0.29) is 53.7 Å². The minimum Gasteiger partial charge on any atom is -0.458 e. The summed E-state index contributed by atoms with van der Waals surface area (Å²) in [5.74, 6) is -2.11. The number of fused-ring (bicyclic) bond motifs is 7. The fraction of sp³-hybridized carbons (Fsp3) is 0.862. The first kappa shape index (κ1) is 25.6. The molecule has 0 aromatic heterocycles. The number of carbonyl (C=O) groups excluding carboxylic acids is 2. The molecule has 7 rings (SSSR count). The van der Waals surface area contributed by atoms with E-state index in [4.69, 9.17) is 18.9 Å². The van der Waals surface area contributed by atoms with E-state index in [9.17, 15) is 24.9 Å². The van der Waals surface area contributed by atoms with Crippen molar-refractivity contribution in [2.75, 3.05) is 6.61 Å². The molecule has 4 saturated carbocycles. The number of aldehydes is 1. The maximum atomic E-state index is 13.1. The lowest BCUT2D eigenvalue weighted by atomic mass is 9.42. The van der Waals surface area contributed by atoms with Crippen LogP contribution in [0.3, 0.4) is 0 Å².